The van der Waals surface area contributed by atoms with Crippen LogP contribution in [-0.4, -0.2) is 20.1 Å². The molecule has 0 aliphatic carbocycles. The van der Waals surface area contributed by atoms with Gasteiger partial charge in [-0.25, -0.2) is 0 Å². The van der Waals surface area contributed by atoms with Gasteiger partial charge < -0.3 is 9.47 Å². The van der Waals surface area contributed by atoms with Crippen LogP contribution < -0.4 is 0 Å². The first-order valence-electron chi connectivity index (χ1n) is 4.62. The van der Waals surface area contributed by atoms with Gasteiger partial charge in [0.05, 0.1) is 14.2 Å². The van der Waals surface area contributed by atoms with E-state index in [0.29, 0.717) is 11.8 Å². The van der Waals surface area contributed by atoms with Crippen LogP contribution in [0.25, 0.3) is 0 Å². The van der Waals surface area contributed by atoms with E-state index >= 15 is 0 Å². The van der Waals surface area contributed by atoms with E-state index in [0.717, 1.165) is 5.57 Å². The number of aliphatic imine (C=N–C) groups is 1. The minimum Gasteiger partial charge on any atom is -0.484 e. The number of hydrogen-bond acceptors (Lipinski definition) is 3. The molecule has 0 aromatic heterocycles. The second-order valence-electron chi connectivity index (χ2n) is 2.23. The predicted octanol–water partition coefficient (Wildman–Crippen LogP) is 3.14. The molecule has 3 heteroatoms. The Bertz CT molecular complexity index is 217. The van der Waals surface area contributed by atoms with Gasteiger partial charge >= 0.3 is 0 Å². The second-order valence-corrected chi connectivity index (χ2v) is 2.23. The first kappa shape index (κ1) is 15.2. The Morgan fingerprint density at radius 2 is 1.64 bits per heavy atom. The van der Waals surface area contributed by atoms with Gasteiger partial charge in [-0.2, -0.15) is 4.99 Å². The van der Waals surface area contributed by atoms with E-state index in [1.54, 1.807) is 27.2 Å². The van der Waals surface area contributed by atoms with Crippen LogP contribution in [0.2, 0.25) is 0 Å². The predicted molar refractivity (Wildman–Crippen MR) is 61.4 cm³/mol. The molecule has 0 spiro atoms. The summed E-state index contributed by atoms with van der Waals surface area (Å²) in [5.41, 5.74) is 0.883. The van der Waals surface area contributed by atoms with Crippen LogP contribution in [-0.2, 0) is 9.47 Å². The van der Waals surface area contributed by atoms with Crippen LogP contribution in [0, 0.1) is 0 Å². The van der Waals surface area contributed by atoms with Crippen molar-refractivity contribution in [3.8, 4) is 0 Å². The smallest absolute Gasteiger partial charge is 0.218 e. The van der Waals surface area contributed by atoms with E-state index in [4.69, 9.17) is 9.47 Å². The molecule has 0 atom stereocenters. The average molecular weight is 199 g/mol. The molecule has 0 aromatic rings. The van der Waals surface area contributed by atoms with Crippen LogP contribution in [0.3, 0.4) is 0 Å². The summed E-state index contributed by atoms with van der Waals surface area (Å²) < 4.78 is 9.90. The topological polar surface area (TPSA) is 30.8 Å². The average Bonchev–Trinajstić information content (AvgIpc) is 2.27. The number of hydrogen-bond donors (Lipinski definition) is 0. The number of ether oxygens (including phenoxy) is 2. The van der Waals surface area contributed by atoms with Gasteiger partial charge in [-0.15, -0.1) is 0 Å². The van der Waals surface area contributed by atoms with Gasteiger partial charge in [0.25, 0.3) is 0 Å². The third kappa shape index (κ3) is 6.29. The van der Waals surface area contributed by atoms with Gasteiger partial charge in [-0.05, 0) is 6.92 Å². The molecular formula is C11H21NO2. The summed E-state index contributed by atoms with van der Waals surface area (Å²) in [6, 6.07) is 0. The molecule has 0 aliphatic heterocycles. The van der Waals surface area contributed by atoms with Gasteiger partial charge in [-0.1, -0.05) is 26.5 Å². The van der Waals surface area contributed by atoms with Crippen LogP contribution >= 0.6 is 0 Å². The molecule has 0 saturated heterocycles. The lowest BCUT2D eigenvalue weighted by Crippen LogP contribution is -1.97. The standard InChI is InChI=1S/C9H15NO2.C2H6/c1-6-7(2)9(12-5)10-8(3)11-4;1-2/h6H,1H2,2-5H3;1-2H3/b9-7+,10-8+;. The second kappa shape index (κ2) is 9.84. The summed E-state index contributed by atoms with van der Waals surface area (Å²) in [5.74, 6) is 1.09. The fourth-order valence-corrected chi connectivity index (χ4v) is 0.571. The summed E-state index contributed by atoms with van der Waals surface area (Å²) in [6.07, 6.45) is 1.69. The molecule has 0 N–H and O–H groups in total. The molecule has 0 unspecified atom stereocenters. The molecule has 82 valence electrons. The van der Waals surface area contributed by atoms with Crippen LogP contribution in [0.4, 0.5) is 0 Å². The van der Waals surface area contributed by atoms with E-state index in [1.165, 1.54) is 0 Å². The molecule has 0 aliphatic rings. The maximum atomic E-state index is 5.02. The number of allylic oxidation sites excluding steroid dienone is 2. The Kier molecular flexibility index (Phi) is 10.7. The first-order chi connectivity index (χ1) is 6.65. The van der Waals surface area contributed by atoms with Crippen molar-refractivity contribution in [2.45, 2.75) is 27.7 Å². The van der Waals surface area contributed by atoms with Crippen molar-refractivity contribution in [2.75, 3.05) is 14.2 Å². The maximum Gasteiger partial charge on any atom is 0.218 e. The van der Waals surface area contributed by atoms with Crippen molar-refractivity contribution < 1.29 is 9.47 Å². The SMILES string of the molecule is C=C/C(C)=C(\N=C(/C)OC)OC.CC. The molecule has 0 radical (unpaired) electrons. The Hall–Kier alpha value is -1.25. The van der Waals surface area contributed by atoms with Crippen LogP contribution in [0.1, 0.15) is 27.7 Å². The summed E-state index contributed by atoms with van der Waals surface area (Å²) in [7, 11) is 3.13. The van der Waals surface area contributed by atoms with E-state index in [9.17, 15) is 0 Å². The summed E-state index contributed by atoms with van der Waals surface area (Å²) in [6.45, 7) is 11.2. The zero-order chi connectivity index (χ0) is 11.6. The van der Waals surface area contributed by atoms with Gasteiger partial charge in [0.2, 0.25) is 5.88 Å². The van der Waals surface area contributed by atoms with Crippen molar-refractivity contribution in [3.63, 3.8) is 0 Å². The monoisotopic (exact) mass is 199 g/mol. The summed E-state index contributed by atoms with van der Waals surface area (Å²) >= 11 is 0. The zero-order valence-corrected chi connectivity index (χ0v) is 10.0. The highest BCUT2D eigenvalue weighted by Gasteiger charge is 1.98. The van der Waals surface area contributed by atoms with Gasteiger partial charge in [0, 0.05) is 12.5 Å². The van der Waals surface area contributed by atoms with E-state index in [-0.39, 0.29) is 0 Å². The van der Waals surface area contributed by atoms with Crippen molar-refractivity contribution in [2.24, 2.45) is 4.99 Å². The molecule has 3 nitrogen and oxygen atoms in total. The fraction of sp³-hybridized carbons (Fsp3) is 0.545. The van der Waals surface area contributed by atoms with Crippen molar-refractivity contribution in [3.05, 3.63) is 24.1 Å². The Balaban J connectivity index is 0. The first-order valence-corrected chi connectivity index (χ1v) is 4.62. The minimum atomic E-state index is 0.532. The van der Waals surface area contributed by atoms with Crippen molar-refractivity contribution in [1.82, 2.24) is 0 Å². The third-order valence-electron chi connectivity index (χ3n) is 1.39. The molecule has 0 saturated carbocycles. The number of methoxy groups -OCH3 is 2. The highest BCUT2D eigenvalue weighted by Crippen LogP contribution is 2.07. The summed E-state index contributed by atoms with van der Waals surface area (Å²) in [5, 5.41) is 0. The van der Waals surface area contributed by atoms with Crippen LogP contribution in [0.15, 0.2) is 29.1 Å². The van der Waals surface area contributed by atoms with Crippen molar-refractivity contribution >= 4 is 5.90 Å². The molecule has 0 aromatic carbocycles. The van der Waals surface area contributed by atoms with Crippen LogP contribution in [0.5, 0.6) is 0 Å². The summed E-state index contributed by atoms with van der Waals surface area (Å²) in [4.78, 5) is 4.06. The maximum absolute atomic E-state index is 5.02. The van der Waals surface area contributed by atoms with Gasteiger partial charge in [0.1, 0.15) is 0 Å². The van der Waals surface area contributed by atoms with Crippen molar-refractivity contribution in [1.29, 1.82) is 0 Å². The largest absolute Gasteiger partial charge is 0.484 e. The molecule has 0 heterocycles. The molecular weight excluding hydrogens is 178 g/mol. The lowest BCUT2D eigenvalue weighted by Gasteiger charge is -2.03. The lowest BCUT2D eigenvalue weighted by atomic mass is 10.3. The Morgan fingerprint density at radius 1 is 1.14 bits per heavy atom. The minimum absolute atomic E-state index is 0.532. The molecule has 14 heavy (non-hydrogen) atoms. The molecule has 0 amide bonds. The van der Waals surface area contributed by atoms with E-state index < -0.39 is 0 Å². The molecule has 0 fully saturated rings. The lowest BCUT2D eigenvalue weighted by molar-refractivity contribution is 0.280. The Morgan fingerprint density at radius 3 is 1.93 bits per heavy atom. The number of rotatable bonds is 3. The zero-order valence-electron chi connectivity index (χ0n) is 10.0. The number of nitrogens with zero attached hydrogens (tertiary/aromatic N) is 1. The quantitative estimate of drug-likeness (QED) is 0.302. The third-order valence-corrected chi connectivity index (χ3v) is 1.39. The normalized spacial score (nSPS) is 12.0. The fourth-order valence-electron chi connectivity index (χ4n) is 0.571. The molecule has 0 rings (SSSR count). The van der Waals surface area contributed by atoms with E-state index in [2.05, 4.69) is 11.6 Å². The molecule has 0 bridgehead atoms. The highest BCUT2D eigenvalue weighted by atomic mass is 16.5. The van der Waals surface area contributed by atoms with Gasteiger partial charge in [-0.3, -0.25) is 0 Å². The Labute approximate surface area is 87.1 Å². The van der Waals surface area contributed by atoms with Gasteiger partial charge in [0.15, 0.2) is 5.90 Å². The highest BCUT2D eigenvalue weighted by molar-refractivity contribution is 5.74. The van der Waals surface area contributed by atoms with E-state index in [1.807, 2.05) is 20.8 Å².